The van der Waals surface area contributed by atoms with Gasteiger partial charge in [0.2, 0.25) is 5.91 Å². The molecule has 0 aromatic heterocycles. The zero-order valence-corrected chi connectivity index (χ0v) is 18.4. The quantitative estimate of drug-likeness (QED) is 0.755. The number of carbonyl (C=O) groups excluding carboxylic acids is 1. The van der Waals surface area contributed by atoms with Gasteiger partial charge in [-0.15, -0.1) is 0 Å². The van der Waals surface area contributed by atoms with Crippen LogP contribution in [0.4, 0.5) is 10.1 Å². The van der Waals surface area contributed by atoms with E-state index in [1.54, 1.807) is 12.1 Å². The van der Waals surface area contributed by atoms with Gasteiger partial charge in [-0.25, -0.2) is 4.39 Å². The molecule has 2 aliphatic rings. The normalized spacial score (nSPS) is 22.2. The summed E-state index contributed by atoms with van der Waals surface area (Å²) in [4.78, 5) is 17.7. The predicted octanol–water partition coefficient (Wildman–Crippen LogP) is 4.64. The molecule has 0 radical (unpaired) electrons. The summed E-state index contributed by atoms with van der Waals surface area (Å²) in [6.45, 7) is 4.16. The van der Waals surface area contributed by atoms with E-state index in [1.807, 2.05) is 11.0 Å². The highest BCUT2D eigenvalue weighted by molar-refractivity contribution is 6.31. The average Bonchev–Trinajstić information content (AvgIpc) is 3.04. The first-order chi connectivity index (χ1) is 14.4. The van der Waals surface area contributed by atoms with Crippen LogP contribution in [-0.2, 0) is 17.8 Å². The molecular formula is C24H29ClFN3O. The van der Waals surface area contributed by atoms with E-state index in [-0.39, 0.29) is 17.9 Å². The minimum atomic E-state index is -0.426. The SMILES string of the molecule is Cc1cccc2c1NCCC1CCC(CN(C(=O)Cc3c(F)cccc3Cl)C2)N1C. The summed E-state index contributed by atoms with van der Waals surface area (Å²) in [6, 6.07) is 11.6. The number of hydrogen-bond acceptors (Lipinski definition) is 3. The summed E-state index contributed by atoms with van der Waals surface area (Å²) in [6.07, 6.45) is 3.27. The van der Waals surface area contributed by atoms with Crippen LogP contribution in [0.25, 0.3) is 0 Å². The Morgan fingerprint density at radius 1 is 1.17 bits per heavy atom. The predicted molar refractivity (Wildman–Crippen MR) is 119 cm³/mol. The lowest BCUT2D eigenvalue weighted by atomic mass is 10.0. The van der Waals surface area contributed by atoms with Crippen molar-refractivity contribution in [2.75, 3.05) is 25.5 Å². The van der Waals surface area contributed by atoms with Crippen LogP contribution in [0.1, 0.15) is 36.0 Å². The van der Waals surface area contributed by atoms with Gasteiger partial charge in [-0.05, 0) is 56.5 Å². The van der Waals surface area contributed by atoms with E-state index in [1.165, 1.54) is 11.6 Å². The molecule has 2 aromatic rings. The Balaban J connectivity index is 1.65. The molecule has 2 heterocycles. The summed E-state index contributed by atoms with van der Waals surface area (Å²) in [5.74, 6) is -0.518. The van der Waals surface area contributed by atoms with E-state index in [9.17, 15) is 9.18 Å². The number of likely N-dealkylation sites (N-methyl/N-ethyl adjacent to an activating group) is 1. The maximum absolute atomic E-state index is 14.3. The van der Waals surface area contributed by atoms with Gasteiger partial charge in [0, 0.05) is 48.0 Å². The summed E-state index contributed by atoms with van der Waals surface area (Å²) in [5.41, 5.74) is 3.66. The van der Waals surface area contributed by atoms with E-state index in [2.05, 4.69) is 36.3 Å². The van der Waals surface area contributed by atoms with E-state index >= 15 is 0 Å². The number of benzene rings is 2. The summed E-state index contributed by atoms with van der Waals surface area (Å²) < 4.78 is 14.3. The zero-order valence-electron chi connectivity index (χ0n) is 17.6. The number of nitrogens with one attached hydrogen (secondary N) is 1. The van der Waals surface area contributed by atoms with Gasteiger partial charge >= 0.3 is 0 Å². The molecular weight excluding hydrogens is 401 g/mol. The largest absolute Gasteiger partial charge is 0.384 e. The Morgan fingerprint density at radius 3 is 2.73 bits per heavy atom. The van der Waals surface area contributed by atoms with Crippen LogP contribution >= 0.6 is 11.6 Å². The number of anilines is 1. The standard InChI is InChI=1S/C24H29ClFN3O/c1-16-5-3-6-17-14-29(23(30)13-20-21(25)7-4-8-22(20)26)15-19-10-9-18(28(19)2)11-12-27-24(16)17/h3-8,18-19,27H,9-15H2,1-2H3. The highest BCUT2D eigenvalue weighted by Gasteiger charge is 2.33. The topological polar surface area (TPSA) is 35.6 Å². The van der Waals surface area contributed by atoms with Gasteiger partial charge in [-0.1, -0.05) is 35.9 Å². The van der Waals surface area contributed by atoms with E-state index < -0.39 is 5.82 Å². The molecule has 2 unspecified atom stereocenters. The van der Waals surface area contributed by atoms with Gasteiger partial charge in [0.15, 0.2) is 0 Å². The highest BCUT2D eigenvalue weighted by atomic mass is 35.5. The monoisotopic (exact) mass is 429 g/mol. The number of aryl methyl sites for hydroxylation is 1. The molecule has 1 saturated heterocycles. The Morgan fingerprint density at radius 2 is 1.93 bits per heavy atom. The molecule has 0 aliphatic carbocycles. The van der Waals surface area contributed by atoms with Crippen LogP contribution in [0.3, 0.4) is 0 Å². The third-order valence-corrected chi connectivity index (χ3v) is 7.01. The molecule has 2 aliphatic heterocycles. The minimum absolute atomic E-state index is 0.0278. The van der Waals surface area contributed by atoms with Crippen LogP contribution in [0.5, 0.6) is 0 Å². The second-order valence-corrected chi connectivity index (χ2v) is 8.93. The van der Waals surface area contributed by atoms with E-state index in [0.717, 1.165) is 37.1 Å². The summed E-state index contributed by atoms with van der Waals surface area (Å²) in [7, 11) is 2.16. The third kappa shape index (κ3) is 4.33. The van der Waals surface area contributed by atoms with Crippen molar-refractivity contribution >= 4 is 23.2 Å². The maximum Gasteiger partial charge on any atom is 0.227 e. The van der Waals surface area contributed by atoms with Gasteiger partial charge in [0.1, 0.15) is 5.82 Å². The minimum Gasteiger partial charge on any atom is -0.384 e. The van der Waals surface area contributed by atoms with Crippen molar-refractivity contribution < 1.29 is 9.18 Å². The fourth-order valence-corrected chi connectivity index (χ4v) is 5.04. The summed E-state index contributed by atoms with van der Waals surface area (Å²) >= 11 is 6.20. The molecule has 1 N–H and O–H groups in total. The number of rotatable bonds is 2. The van der Waals surface area contributed by atoms with Gasteiger partial charge in [0.25, 0.3) is 0 Å². The van der Waals surface area contributed by atoms with Crippen molar-refractivity contribution in [3.8, 4) is 0 Å². The van der Waals surface area contributed by atoms with Gasteiger partial charge in [-0.3, -0.25) is 9.69 Å². The molecule has 1 amide bonds. The fraction of sp³-hybridized carbons (Fsp3) is 0.458. The van der Waals surface area contributed by atoms with Crippen molar-refractivity contribution in [3.63, 3.8) is 0 Å². The van der Waals surface area contributed by atoms with Crippen LogP contribution < -0.4 is 5.32 Å². The second kappa shape index (κ2) is 8.94. The van der Waals surface area contributed by atoms with E-state index in [0.29, 0.717) is 30.2 Å². The molecule has 160 valence electrons. The number of nitrogens with zero attached hydrogens (tertiary/aromatic N) is 2. The molecule has 0 saturated carbocycles. The van der Waals surface area contributed by atoms with Gasteiger partial charge < -0.3 is 10.2 Å². The molecule has 2 atom stereocenters. The highest BCUT2D eigenvalue weighted by Crippen LogP contribution is 2.30. The first-order valence-corrected chi connectivity index (χ1v) is 11.1. The molecule has 4 nitrogen and oxygen atoms in total. The smallest absolute Gasteiger partial charge is 0.227 e. The molecule has 4 rings (SSSR count). The lowest BCUT2D eigenvalue weighted by Gasteiger charge is -2.31. The molecule has 30 heavy (non-hydrogen) atoms. The number of amides is 1. The first-order valence-electron chi connectivity index (χ1n) is 10.7. The van der Waals surface area contributed by atoms with Crippen molar-refractivity contribution in [1.29, 1.82) is 0 Å². The fourth-order valence-electron chi connectivity index (χ4n) is 4.81. The molecule has 0 spiro atoms. The maximum atomic E-state index is 14.3. The van der Waals surface area contributed by atoms with Crippen molar-refractivity contribution in [2.45, 2.75) is 51.2 Å². The Bertz CT molecular complexity index is 914. The number of para-hydroxylation sites is 1. The molecule has 6 heteroatoms. The van der Waals surface area contributed by atoms with Crippen molar-refractivity contribution in [3.05, 3.63) is 63.9 Å². The van der Waals surface area contributed by atoms with Crippen LogP contribution in [0, 0.1) is 12.7 Å². The van der Waals surface area contributed by atoms with Gasteiger partial charge in [0.05, 0.1) is 6.42 Å². The Labute approximate surface area is 183 Å². The second-order valence-electron chi connectivity index (χ2n) is 8.53. The number of fused-ring (bicyclic) bond motifs is 3. The lowest BCUT2D eigenvalue weighted by Crippen LogP contribution is -2.43. The van der Waals surface area contributed by atoms with Crippen molar-refractivity contribution in [2.24, 2.45) is 0 Å². The summed E-state index contributed by atoms with van der Waals surface area (Å²) in [5, 5.41) is 3.92. The Hall–Kier alpha value is -2.11. The van der Waals surface area contributed by atoms with Crippen LogP contribution in [-0.4, -0.2) is 47.9 Å². The average molecular weight is 430 g/mol. The number of halogens is 2. The Kier molecular flexibility index (Phi) is 6.30. The molecule has 2 bridgehead atoms. The van der Waals surface area contributed by atoms with Crippen LogP contribution in [0.15, 0.2) is 36.4 Å². The van der Waals surface area contributed by atoms with Gasteiger partial charge in [-0.2, -0.15) is 0 Å². The van der Waals surface area contributed by atoms with E-state index in [4.69, 9.17) is 11.6 Å². The lowest BCUT2D eigenvalue weighted by molar-refractivity contribution is -0.131. The van der Waals surface area contributed by atoms with Crippen molar-refractivity contribution in [1.82, 2.24) is 9.80 Å². The number of carbonyl (C=O) groups is 1. The zero-order chi connectivity index (χ0) is 21.3. The number of hydrogen-bond donors (Lipinski definition) is 1. The third-order valence-electron chi connectivity index (χ3n) is 6.66. The molecule has 1 fully saturated rings. The first kappa shape index (κ1) is 21.1. The van der Waals surface area contributed by atoms with Crippen LogP contribution in [0.2, 0.25) is 5.02 Å². The molecule has 2 aromatic carbocycles.